The lowest BCUT2D eigenvalue weighted by Crippen LogP contribution is -2.48. The highest BCUT2D eigenvalue weighted by Gasteiger charge is 2.45. The molecule has 2 nitrogen and oxygen atoms in total. The molecule has 86 valence electrons. The Hall–Kier alpha value is -0.730. The highest BCUT2D eigenvalue weighted by atomic mass is 35.5. The van der Waals surface area contributed by atoms with Crippen molar-refractivity contribution in [3.8, 4) is 0 Å². The van der Waals surface area contributed by atoms with Crippen LogP contribution in [0.5, 0.6) is 0 Å². The Morgan fingerprint density at radius 1 is 1.31 bits per heavy atom. The van der Waals surface area contributed by atoms with Gasteiger partial charge in [0.1, 0.15) is 0 Å². The Morgan fingerprint density at radius 3 is 2.44 bits per heavy atom. The van der Waals surface area contributed by atoms with Crippen LogP contribution in [-0.4, -0.2) is 13.0 Å². The topological polar surface area (TPSA) is 29.1 Å². The molecule has 4 heteroatoms. The summed E-state index contributed by atoms with van der Waals surface area (Å²) >= 11 is 11.9. The van der Waals surface area contributed by atoms with E-state index in [0.29, 0.717) is 10.0 Å². The first kappa shape index (κ1) is 11.7. The molecule has 2 rings (SSSR count). The molecular weight excluding hydrogens is 245 g/mol. The zero-order chi connectivity index (χ0) is 11.8. The zero-order valence-electron chi connectivity index (χ0n) is 9.02. The number of rotatable bonds is 2. The number of likely N-dealkylation sites (N-methyl/N-ethyl adjacent to an activating group) is 1. The molecule has 0 spiro atoms. The molecule has 0 radical (unpaired) electrons. The van der Waals surface area contributed by atoms with E-state index in [1.165, 1.54) is 0 Å². The number of hydrogen-bond donors (Lipinski definition) is 1. The number of carbonyl (C=O) groups is 1. The molecule has 1 amide bonds. The molecule has 1 aromatic rings. The summed E-state index contributed by atoms with van der Waals surface area (Å²) in [6, 6.07) is 5.45. The number of benzene rings is 1. The van der Waals surface area contributed by atoms with Crippen LogP contribution < -0.4 is 5.32 Å². The van der Waals surface area contributed by atoms with Crippen LogP contribution in [0.1, 0.15) is 24.8 Å². The van der Waals surface area contributed by atoms with Crippen molar-refractivity contribution in [3.05, 3.63) is 33.8 Å². The van der Waals surface area contributed by atoms with E-state index in [9.17, 15) is 4.79 Å². The molecular formula is C12H13Cl2NO. The molecule has 0 unspecified atom stereocenters. The minimum atomic E-state index is -0.386. The van der Waals surface area contributed by atoms with E-state index < -0.39 is 0 Å². The molecule has 1 N–H and O–H groups in total. The molecule has 16 heavy (non-hydrogen) atoms. The van der Waals surface area contributed by atoms with Gasteiger partial charge in [0.15, 0.2) is 0 Å². The maximum Gasteiger partial charge on any atom is 0.230 e. The molecule has 0 aliphatic heterocycles. The highest BCUT2D eigenvalue weighted by molar-refractivity contribution is 6.42. The van der Waals surface area contributed by atoms with Crippen LogP contribution >= 0.6 is 23.2 Å². The van der Waals surface area contributed by atoms with Crippen molar-refractivity contribution >= 4 is 29.1 Å². The molecule has 1 fully saturated rings. The summed E-state index contributed by atoms with van der Waals surface area (Å²) in [5.41, 5.74) is 0.579. The maximum atomic E-state index is 11.9. The summed E-state index contributed by atoms with van der Waals surface area (Å²) in [4.78, 5) is 11.9. The third-order valence-corrected chi connectivity index (χ3v) is 4.08. The lowest BCUT2D eigenvalue weighted by atomic mass is 9.64. The van der Waals surface area contributed by atoms with Gasteiger partial charge in [0.25, 0.3) is 0 Å². The van der Waals surface area contributed by atoms with E-state index in [1.54, 1.807) is 19.2 Å². The lowest BCUT2D eigenvalue weighted by molar-refractivity contribution is -0.129. The number of amides is 1. The van der Waals surface area contributed by atoms with Crippen LogP contribution in [0.15, 0.2) is 18.2 Å². The molecule has 0 saturated heterocycles. The summed E-state index contributed by atoms with van der Waals surface area (Å²) in [7, 11) is 1.67. The second kappa shape index (κ2) is 4.27. The second-order valence-corrected chi connectivity index (χ2v) is 4.96. The van der Waals surface area contributed by atoms with E-state index in [2.05, 4.69) is 5.32 Å². The minimum Gasteiger partial charge on any atom is -0.358 e. The van der Waals surface area contributed by atoms with Crippen molar-refractivity contribution in [2.45, 2.75) is 24.7 Å². The van der Waals surface area contributed by atoms with E-state index in [4.69, 9.17) is 23.2 Å². The van der Waals surface area contributed by atoms with Crippen LogP contribution in [0.25, 0.3) is 0 Å². The van der Waals surface area contributed by atoms with E-state index in [1.807, 2.05) is 6.07 Å². The van der Waals surface area contributed by atoms with Gasteiger partial charge in [0.2, 0.25) is 5.91 Å². The molecule has 0 aromatic heterocycles. The molecule has 1 aliphatic carbocycles. The number of hydrogen-bond acceptors (Lipinski definition) is 1. The molecule has 0 atom stereocenters. The zero-order valence-corrected chi connectivity index (χ0v) is 10.5. The smallest absolute Gasteiger partial charge is 0.230 e. The fourth-order valence-corrected chi connectivity index (χ4v) is 2.51. The monoisotopic (exact) mass is 257 g/mol. The maximum absolute atomic E-state index is 11.9. The third-order valence-electron chi connectivity index (χ3n) is 3.34. The standard InChI is InChI=1S/C12H13Cl2NO/c1-15-11(16)12(5-2-6-12)8-3-4-9(13)10(14)7-8/h3-4,7H,2,5-6H2,1H3,(H,15,16). The van der Waals surface area contributed by atoms with Gasteiger partial charge in [-0.1, -0.05) is 35.7 Å². The second-order valence-electron chi connectivity index (χ2n) is 4.14. The van der Waals surface area contributed by atoms with Gasteiger partial charge < -0.3 is 5.32 Å². The van der Waals surface area contributed by atoms with Crippen molar-refractivity contribution < 1.29 is 4.79 Å². The molecule has 0 heterocycles. The molecule has 1 aromatic carbocycles. The van der Waals surface area contributed by atoms with Gasteiger partial charge in [0.05, 0.1) is 15.5 Å². The third kappa shape index (κ3) is 1.70. The van der Waals surface area contributed by atoms with Gasteiger partial charge in [-0.05, 0) is 30.5 Å². The van der Waals surface area contributed by atoms with Crippen molar-refractivity contribution in [1.29, 1.82) is 0 Å². The average molecular weight is 258 g/mol. The van der Waals surface area contributed by atoms with Gasteiger partial charge in [-0.2, -0.15) is 0 Å². The summed E-state index contributed by atoms with van der Waals surface area (Å²) in [5, 5.41) is 3.76. The Kier molecular flexibility index (Phi) is 3.13. The first-order valence-electron chi connectivity index (χ1n) is 5.28. The summed E-state index contributed by atoms with van der Waals surface area (Å²) in [6.45, 7) is 0. The van der Waals surface area contributed by atoms with Crippen LogP contribution in [0.4, 0.5) is 0 Å². The SMILES string of the molecule is CNC(=O)C1(c2ccc(Cl)c(Cl)c2)CCC1. The highest BCUT2D eigenvalue weighted by Crippen LogP contribution is 2.45. The quantitative estimate of drug-likeness (QED) is 0.867. The lowest BCUT2D eigenvalue weighted by Gasteiger charge is -2.40. The fourth-order valence-electron chi connectivity index (χ4n) is 2.21. The first-order valence-corrected chi connectivity index (χ1v) is 6.03. The Balaban J connectivity index is 2.41. The largest absolute Gasteiger partial charge is 0.358 e. The van der Waals surface area contributed by atoms with Crippen LogP contribution in [0.2, 0.25) is 10.0 Å². The average Bonchev–Trinajstić information content (AvgIpc) is 2.21. The van der Waals surface area contributed by atoms with Crippen LogP contribution in [0.3, 0.4) is 0 Å². The van der Waals surface area contributed by atoms with Crippen LogP contribution in [-0.2, 0) is 10.2 Å². The number of halogens is 2. The van der Waals surface area contributed by atoms with Crippen LogP contribution in [0, 0.1) is 0 Å². The number of carbonyl (C=O) groups excluding carboxylic acids is 1. The Morgan fingerprint density at radius 2 is 2.00 bits per heavy atom. The van der Waals surface area contributed by atoms with Gasteiger partial charge >= 0.3 is 0 Å². The predicted molar refractivity (Wildman–Crippen MR) is 66.1 cm³/mol. The molecule has 0 bridgehead atoms. The predicted octanol–water partition coefficient (Wildman–Crippen LogP) is 3.16. The van der Waals surface area contributed by atoms with Gasteiger partial charge in [0, 0.05) is 7.05 Å². The van der Waals surface area contributed by atoms with Crippen molar-refractivity contribution in [2.24, 2.45) is 0 Å². The normalized spacial score (nSPS) is 17.7. The summed E-state index contributed by atoms with van der Waals surface area (Å²) < 4.78 is 0. The van der Waals surface area contributed by atoms with Gasteiger partial charge in [-0.25, -0.2) is 0 Å². The molecule has 1 aliphatic rings. The summed E-state index contributed by atoms with van der Waals surface area (Å²) in [5.74, 6) is 0.0668. The minimum absolute atomic E-state index is 0.0668. The van der Waals surface area contributed by atoms with Crippen molar-refractivity contribution in [2.75, 3.05) is 7.05 Å². The van der Waals surface area contributed by atoms with Crippen molar-refractivity contribution in [1.82, 2.24) is 5.32 Å². The number of nitrogens with one attached hydrogen (secondary N) is 1. The van der Waals surface area contributed by atoms with E-state index in [0.717, 1.165) is 24.8 Å². The Bertz CT molecular complexity index is 427. The Labute approximate surface area is 105 Å². The first-order chi connectivity index (χ1) is 7.60. The van der Waals surface area contributed by atoms with Gasteiger partial charge in [-0.15, -0.1) is 0 Å². The summed E-state index contributed by atoms with van der Waals surface area (Å²) in [6.07, 6.45) is 2.84. The van der Waals surface area contributed by atoms with Crippen molar-refractivity contribution in [3.63, 3.8) is 0 Å². The van der Waals surface area contributed by atoms with Gasteiger partial charge in [-0.3, -0.25) is 4.79 Å². The van der Waals surface area contributed by atoms with E-state index >= 15 is 0 Å². The van der Waals surface area contributed by atoms with E-state index in [-0.39, 0.29) is 11.3 Å². The molecule has 1 saturated carbocycles. The fraction of sp³-hybridized carbons (Fsp3) is 0.417.